The number of aromatic nitrogens is 1. The van der Waals surface area contributed by atoms with Crippen molar-refractivity contribution in [1.82, 2.24) is 4.98 Å². The smallest absolute Gasteiger partial charge is 0.236 e. The van der Waals surface area contributed by atoms with E-state index in [1.165, 1.54) is 0 Å². The van der Waals surface area contributed by atoms with Crippen LogP contribution in [0, 0.1) is 0 Å². The first-order valence-corrected chi connectivity index (χ1v) is 9.93. The maximum absolute atomic E-state index is 13.2. The van der Waals surface area contributed by atoms with Crippen LogP contribution in [0.4, 0.5) is 11.4 Å². The van der Waals surface area contributed by atoms with E-state index in [0.29, 0.717) is 6.54 Å². The van der Waals surface area contributed by atoms with Gasteiger partial charge in [-0.15, -0.1) is 0 Å². The quantitative estimate of drug-likeness (QED) is 0.438. The highest BCUT2D eigenvalue weighted by molar-refractivity contribution is 5.98. The molecule has 1 heterocycles. The SMILES string of the molecule is O=C(Nc1ccc(NCc2cccnc2)cc1)C(c1ccccc1)c1ccccc1. The summed E-state index contributed by atoms with van der Waals surface area (Å²) in [6, 6.07) is 31.4. The zero-order chi connectivity index (χ0) is 20.6. The molecule has 1 amide bonds. The Morgan fingerprint density at radius 2 is 1.33 bits per heavy atom. The summed E-state index contributed by atoms with van der Waals surface area (Å²) in [6.45, 7) is 0.698. The van der Waals surface area contributed by atoms with Crippen molar-refractivity contribution < 1.29 is 4.79 Å². The molecule has 0 aliphatic carbocycles. The Morgan fingerprint density at radius 1 is 0.733 bits per heavy atom. The number of nitrogens with one attached hydrogen (secondary N) is 2. The third kappa shape index (κ3) is 4.92. The third-order valence-electron chi connectivity index (χ3n) is 4.90. The van der Waals surface area contributed by atoms with E-state index in [2.05, 4.69) is 15.6 Å². The Hall–Kier alpha value is -3.92. The average molecular weight is 393 g/mol. The molecule has 30 heavy (non-hydrogen) atoms. The minimum atomic E-state index is -0.365. The van der Waals surface area contributed by atoms with Crippen LogP contribution in [-0.4, -0.2) is 10.9 Å². The average Bonchev–Trinajstić information content (AvgIpc) is 2.81. The lowest BCUT2D eigenvalue weighted by atomic mass is 9.90. The van der Waals surface area contributed by atoms with Crippen LogP contribution < -0.4 is 10.6 Å². The Kier molecular flexibility index (Phi) is 6.16. The van der Waals surface area contributed by atoms with Gasteiger partial charge in [0.25, 0.3) is 0 Å². The summed E-state index contributed by atoms with van der Waals surface area (Å²) in [4.78, 5) is 17.3. The van der Waals surface area contributed by atoms with E-state index in [4.69, 9.17) is 0 Å². The normalized spacial score (nSPS) is 10.6. The lowest BCUT2D eigenvalue weighted by Gasteiger charge is -2.18. The first-order valence-electron chi connectivity index (χ1n) is 9.93. The number of carbonyl (C=O) groups is 1. The predicted molar refractivity (Wildman–Crippen MR) is 121 cm³/mol. The second-order valence-electron chi connectivity index (χ2n) is 7.04. The lowest BCUT2D eigenvalue weighted by molar-refractivity contribution is -0.116. The highest BCUT2D eigenvalue weighted by atomic mass is 16.1. The number of hydrogen-bond donors (Lipinski definition) is 2. The van der Waals surface area contributed by atoms with Crippen molar-refractivity contribution in [2.45, 2.75) is 12.5 Å². The number of anilines is 2. The van der Waals surface area contributed by atoms with E-state index in [0.717, 1.165) is 28.1 Å². The molecule has 0 radical (unpaired) electrons. The molecule has 4 aromatic rings. The minimum Gasteiger partial charge on any atom is -0.381 e. The van der Waals surface area contributed by atoms with Crippen LogP contribution in [0.1, 0.15) is 22.6 Å². The second kappa shape index (κ2) is 9.52. The Morgan fingerprint density at radius 3 is 1.90 bits per heavy atom. The van der Waals surface area contributed by atoms with Crippen LogP contribution >= 0.6 is 0 Å². The summed E-state index contributed by atoms with van der Waals surface area (Å²) in [6.07, 6.45) is 3.61. The lowest BCUT2D eigenvalue weighted by Crippen LogP contribution is -2.22. The molecule has 4 nitrogen and oxygen atoms in total. The van der Waals surface area contributed by atoms with Crippen molar-refractivity contribution in [2.24, 2.45) is 0 Å². The molecule has 0 aliphatic heterocycles. The van der Waals surface area contributed by atoms with Crippen LogP contribution in [0.5, 0.6) is 0 Å². The summed E-state index contributed by atoms with van der Waals surface area (Å²) >= 11 is 0. The fourth-order valence-electron chi connectivity index (χ4n) is 3.38. The molecule has 0 aliphatic rings. The van der Waals surface area contributed by atoms with Crippen molar-refractivity contribution in [2.75, 3.05) is 10.6 Å². The van der Waals surface area contributed by atoms with Gasteiger partial charge in [0.15, 0.2) is 0 Å². The third-order valence-corrected chi connectivity index (χ3v) is 4.90. The molecule has 0 saturated heterocycles. The molecule has 0 atom stereocenters. The maximum Gasteiger partial charge on any atom is 0.236 e. The highest BCUT2D eigenvalue weighted by Crippen LogP contribution is 2.26. The van der Waals surface area contributed by atoms with Gasteiger partial charge in [-0.3, -0.25) is 9.78 Å². The van der Waals surface area contributed by atoms with Crippen molar-refractivity contribution >= 4 is 17.3 Å². The number of amides is 1. The van der Waals surface area contributed by atoms with Crippen molar-refractivity contribution in [3.05, 3.63) is 126 Å². The van der Waals surface area contributed by atoms with Crippen LogP contribution in [0.25, 0.3) is 0 Å². The molecule has 0 spiro atoms. The second-order valence-corrected chi connectivity index (χ2v) is 7.04. The Bertz CT molecular complexity index is 1030. The van der Waals surface area contributed by atoms with E-state index in [9.17, 15) is 4.79 Å². The molecular formula is C26H23N3O. The van der Waals surface area contributed by atoms with E-state index in [1.54, 1.807) is 6.20 Å². The standard InChI is InChI=1S/C26H23N3O/c30-26(25(21-9-3-1-4-10-21)22-11-5-2-6-12-22)29-24-15-13-23(14-16-24)28-19-20-8-7-17-27-18-20/h1-18,25,28H,19H2,(H,29,30). The van der Waals surface area contributed by atoms with Crippen molar-refractivity contribution in [3.63, 3.8) is 0 Å². The molecule has 3 aromatic carbocycles. The van der Waals surface area contributed by atoms with Gasteiger partial charge in [0.05, 0.1) is 5.92 Å². The molecule has 0 unspecified atom stereocenters. The van der Waals surface area contributed by atoms with Gasteiger partial charge in [-0.1, -0.05) is 66.7 Å². The molecule has 1 aromatic heterocycles. The van der Waals surface area contributed by atoms with Crippen molar-refractivity contribution in [1.29, 1.82) is 0 Å². The molecule has 148 valence electrons. The van der Waals surface area contributed by atoms with Gasteiger partial charge >= 0.3 is 0 Å². The first kappa shape index (κ1) is 19.4. The van der Waals surface area contributed by atoms with Crippen molar-refractivity contribution in [3.8, 4) is 0 Å². The van der Waals surface area contributed by atoms with E-state index in [-0.39, 0.29) is 11.8 Å². The van der Waals surface area contributed by atoms with Gasteiger partial charge in [-0.05, 0) is 47.0 Å². The van der Waals surface area contributed by atoms with Gasteiger partial charge in [0.2, 0.25) is 5.91 Å². The summed E-state index contributed by atoms with van der Waals surface area (Å²) < 4.78 is 0. The first-order chi connectivity index (χ1) is 14.8. The molecule has 0 saturated carbocycles. The largest absolute Gasteiger partial charge is 0.381 e. The maximum atomic E-state index is 13.2. The predicted octanol–water partition coefficient (Wildman–Crippen LogP) is 5.46. The minimum absolute atomic E-state index is 0.0523. The summed E-state index contributed by atoms with van der Waals surface area (Å²) in [5.74, 6) is -0.417. The Balaban J connectivity index is 1.46. The zero-order valence-electron chi connectivity index (χ0n) is 16.5. The van der Waals surface area contributed by atoms with Crippen LogP contribution in [0.3, 0.4) is 0 Å². The zero-order valence-corrected chi connectivity index (χ0v) is 16.5. The number of hydrogen-bond acceptors (Lipinski definition) is 3. The van der Waals surface area contributed by atoms with Gasteiger partial charge in [-0.25, -0.2) is 0 Å². The number of benzene rings is 3. The van der Waals surface area contributed by atoms with Gasteiger partial charge in [0.1, 0.15) is 0 Å². The van der Waals surface area contributed by atoms with E-state index in [1.807, 2.05) is 103 Å². The summed E-state index contributed by atoms with van der Waals surface area (Å²) in [7, 11) is 0. The molecule has 2 N–H and O–H groups in total. The fourth-order valence-corrected chi connectivity index (χ4v) is 3.38. The van der Waals surface area contributed by atoms with Crippen LogP contribution in [0.2, 0.25) is 0 Å². The Labute approximate surface area is 176 Å². The monoisotopic (exact) mass is 393 g/mol. The van der Waals surface area contributed by atoms with Gasteiger partial charge in [0, 0.05) is 30.3 Å². The van der Waals surface area contributed by atoms with E-state index >= 15 is 0 Å². The highest BCUT2D eigenvalue weighted by Gasteiger charge is 2.22. The number of pyridine rings is 1. The van der Waals surface area contributed by atoms with Gasteiger partial charge < -0.3 is 10.6 Å². The van der Waals surface area contributed by atoms with Crippen LogP contribution in [0.15, 0.2) is 109 Å². The molecule has 0 bridgehead atoms. The molecule has 4 heteroatoms. The van der Waals surface area contributed by atoms with Gasteiger partial charge in [-0.2, -0.15) is 0 Å². The number of nitrogens with zero attached hydrogens (tertiary/aromatic N) is 1. The van der Waals surface area contributed by atoms with E-state index < -0.39 is 0 Å². The number of rotatable bonds is 7. The molecular weight excluding hydrogens is 370 g/mol. The molecule has 0 fully saturated rings. The van der Waals surface area contributed by atoms with Crippen LogP contribution in [-0.2, 0) is 11.3 Å². The molecule has 4 rings (SSSR count). The fraction of sp³-hybridized carbons (Fsp3) is 0.0769. The number of carbonyl (C=O) groups excluding carboxylic acids is 1. The summed E-state index contributed by atoms with van der Waals surface area (Å²) in [5.41, 5.74) is 4.80. The topological polar surface area (TPSA) is 54.0 Å². The summed E-state index contributed by atoms with van der Waals surface area (Å²) in [5, 5.41) is 6.43.